The number of ether oxygens (including phenoxy) is 3. The van der Waals surface area contributed by atoms with Crippen molar-refractivity contribution in [1.29, 1.82) is 0 Å². The number of aryl methyl sites for hydroxylation is 1. The SMILES string of the molecule is CCCCCCOC(=O)c1ccccc1.CCCCCCOc1c(O)ccc(CC)c1CC.COc1cnnnc1-c1ccccc1. The summed E-state index contributed by atoms with van der Waals surface area (Å²) in [5, 5.41) is 21.1. The molecular weight excluding hydrogens is 590 g/mol. The van der Waals surface area contributed by atoms with Crippen LogP contribution in [0.25, 0.3) is 11.3 Å². The summed E-state index contributed by atoms with van der Waals surface area (Å²) >= 11 is 0. The monoisotopic (exact) mass is 643 g/mol. The predicted molar refractivity (Wildman–Crippen MR) is 189 cm³/mol. The molecule has 0 amide bonds. The van der Waals surface area contributed by atoms with Crippen molar-refractivity contribution >= 4 is 5.97 Å². The van der Waals surface area contributed by atoms with Crippen LogP contribution in [0.2, 0.25) is 0 Å². The van der Waals surface area contributed by atoms with Gasteiger partial charge in [-0.05, 0) is 54.7 Å². The number of esters is 1. The minimum atomic E-state index is -0.216. The zero-order valence-electron chi connectivity index (χ0n) is 28.9. The topological polar surface area (TPSA) is 104 Å². The number of benzene rings is 3. The van der Waals surface area contributed by atoms with Gasteiger partial charge in [-0.15, -0.1) is 10.2 Å². The summed E-state index contributed by atoms with van der Waals surface area (Å²) in [6.07, 6.45) is 12.7. The number of carbonyl (C=O) groups excluding carboxylic acids is 1. The summed E-state index contributed by atoms with van der Waals surface area (Å²) < 4.78 is 16.1. The summed E-state index contributed by atoms with van der Waals surface area (Å²) in [7, 11) is 1.59. The molecule has 0 aliphatic rings. The molecular formula is C39H53N3O5. The third-order valence-corrected chi connectivity index (χ3v) is 7.43. The molecule has 3 aromatic carbocycles. The van der Waals surface area contributed by atoms with Crippen LogP contribution in [0.5, 0.6) is 17.2 Å². The molecule has 0 atom stereocenters. The zero-order chi connectivity index (χ0) is 34.1. The Labute approximate surface area is 281 Å². The van der Waals surface area contributed by atoms with Crippen LogP contribution < -0.4 is 9.47 Å². The molecule has 0 aliphatic heterocycles. The van der Waals surface area contributed by atoms with E-state index >= 15 is 0 Å². The molecule has 0 saturated carbocycles. The van der Waals surface area contributed by atoms with Gasteiger partial charge in [0.25, 0.3) is 0 Å². The molecule has 8 heteroatoms. The van der Waals surface area contributed by atoms with Crippen LogP contribution in [-0.4, -0.2) is 46.8 Å². The summed E-state index contributed by atoms with van der Waals surface area (Å²) in [4.78, 5) is 11.5. The van der Waals surface area contributed by atoms with Gasteiger partial charge in [0.1, 0.15) is 5.69 Å². The Balaban J connectivity index is 0.000000247. The highest BCUT2D eigenvalue weighted by Crippen LogP contribution is 2.33. The van der Waals surface area contributed by atoms with Gasteiger partial charge in [0.2, 0.25) is 0 Å². The largest absolute Gasteiger partial charge is 0.504 e. The Morgan fingerprint density at radius 2 is 1.38 bits per heavy atom. The van der Waals surface area contributed by atoms with Crippen LogP contribution in [0.4, 0.5) is 0 Å². The Bertz CT molecular complexity index is 1400. The van der Waals surface area contributed by atoms with E-state index in [1.165, 1.54) is 37.7 Å². The molecule has 0 saturated heterocycles. The Hall–Kier alpha value is -4.46. The molecule has 4 rings (SSSR count). The molecule has 0 spiro atoms. The van der Waals surface area contributed by atoms with Gasteiger partial charge in [-0.1, -0.05) is 121 Å². The molecule has 1 aromatic heterocycles. The van der Waals surface area contributed by atoms with E-state index in [1.807, 2.05) is 54.6 Å². The fourth-order valence-electron chi connectivity index (χ4n) is 4.80. The zero-order valence-corrected chi connectivity index (χ0v) is 28.9. The van der Waals surface area contributed by atoms with Gasteiger partial charge in [-0.25, -0.2) is 4.79 Å². The van der Waals surface area contributed by atoms with Gasteiger partial charge in [0.15, 0.2) is 17.2 Å². The van der Waals surface area contributed by atoms with E-state index < -0.39 is 0 Å². The quantitative estimate of drug-likeness (QED) is 0.0951. The predicted octanol–water partition coefficient (Wildman–Crippen LogP) is 9.45. The van der Waals surface area contributed by atoms with E-state index in [1.54, 1.807) is 31.5 Å². The standard InChI is InChI=1S/C16H26O2.C13H18O2.C10H9N3O/c1-4-7-8-9-12-18-16-14(6-3)13(5-2)10-11-15(16)17;1-2-3-4-8-11-15-13(14)12-9-6-5-7-10-12;1-14-9-7-11-13-12-10(9)8-5-3-2-4-6-8/h10-11,17H,4-9,12H2,1-3H3;5-7,9-10H,2-4,8,11H2,1H3;2-7H,1H3. The van der Waals surface area contributed by atoms with Crippen LogP contribution in [0.1, 0.15) is 101 Å². The average Bonchev–Trinajstić information content (AvgIpc) is 3.13. The third kappa shape index (κ3) is 14.2. The summed E-state index contributed by atoms with van der Waals surface area (Å²) in [5.41, 5.74) is 4.75. The van der Waals surface area contributed by atoms with Gasteiger partial charge in [-0.3, -0.25) is 0 Å². The lowest BCUT2D eigenvalue weighted by molar-refractivity contribution is 0.0498. The number of hydrogen-bond donors (Lipinski definition) is 1. The molecule has 47 heavy (non-hydrogen) atoms. The maximum absolute atomic E-state index is 11.5. The summed E-state index contributed by atoms with van der Waals surface area (Å²) in [6.45, 7) is 9.85. The molecule has 0 unspecified atom stereocenters. The number of aromatic hydroxyl groups is 1. The van der Waals surface area contributed by atoms with Crippen molar-refractivity contribution in [2.24, 2.45) is 0 Å². The molecule has 8 nitrogen and oxygen atoms in total. The number of rotatable bonds is 16. The van der Waals surface area contributed by atoms with E-state index in [0.717, 1.165) is 43.2 Å². The molecule has 0 aliphatic carbocycles. The highest BCUT2D eigenvalue weighted by molar-refractivity contribution is 5.89. The van der Waals surface area contributed by atoms with Crippen LogP contribution in [0.15, 0.2) is 79.0 Å². The molecule has 0 radical (unpaired) electrons. The van der Waals surface area contributed by atoms with Gasteiger partial charge >= 0.3 is 5.97 Å². The number of phenolic OH excluding ortho intramolecular Hbond substituents is 1. The second kappa shape index (κ2) is 23.8. The Morgan fingerprint density at radius 1 is 0.745 bits per heavy atom. The van der Waals surface area contributed by atoms with E-state index in [9.17, 15) is 9.90 Å². The number of phenols is 1. The first-order valence-electron chi connectivity index (χ1n) is 17.0. The highest BCUT2D eigenvalue weighted by Gasteiger charge is 2.12. The Morgan fingerprint density at radius 3 is 1.98 bits per heavy atom. The van der Waals surface area contributed by atoms with Gasteiger partial charge in [0, 0.05) is 11.1 Å². The minimum Gasteiger partial charge on any atom is -0.504 e. The van der Waals surface area contributed by atoms with E-state index in [0.29, 0.717) is 36.0 Å². The van der Waals surface area contributed by atoms with E-state index in [-0.39, 0.29) is 11.7 Å². The van der Waals surface area contributed by atoms with Crippen molar-refractivity contribution in [3.05, 3.63) is 95.7 Å². The van der Waals surface area contributed by atoms with Gasteiger partial charge in [-0.2, -0.15) is 0 Å². The maximum atomic E-state index is 11.5. The van der Waals surface area contributed by atoms with E-state index in [2.05, 4.69) is 43.1 Å². The smallest absolute Gasteiger partial charge is 0.338 e. The van der Waals surface area contributed by atoms with Crippen LogP contribution in [0.3, 0.4) is 0 Å². The van der Waals surface area contributed by atoms with Crippen LogP contribution >= 0.6 is 0 Å². The third-order valence-electron chi connectivity index (χ3n) is 7.43. The van der Waals surface area contributed by atoms with Crippen LogP contribution in [0, 0.1) is 0 Å². The normalized spacial score (nSPS) is 10.1. The second-order valence-electron chi connectivity index (χ2n) is 10.9. The van der Waals surface area contributed by atoms with Gasteiger partial charge < -0.3 is 19.3 Å². The lowest BCUT2D eigenvalue weighted by Gasteiger charge is -2.15. The van der Waals surface area contributed by atoms with Crippen LogP contribution in [-0.2, 0) is 17.6 Å². The molecule has 1 N–H and O–H groups in total. The fraction of sp³-hybridized carbons (Fsp3) is 0.436. The maximum Gasteiger partial charge on any atom is 0.338 e. The molecule has 0 bridgehead atoms. The molecule has 1 heterocycles. The Kier molecular flexibility index (Phi) is 19.6. The van der Waals surface area contributed by atoms with Crippen molar-refractivity contribution in [1.82, 2.24) is 15.4 Å². The fourth-order valence-corrected chi connectivity index (χ4v) is 4.80. The molecule has 0 fully saturated rings. The van der Waals surface area contributed by atoms with Crippen molar-refractivity contribution in [3.63, 3.8) is 0 Å². The average molecular weight is 644 g/mol. The number of unbranched alkanes of at least 4 members (excludes halogenated alkanes) is 6. The number of nitrogens with zero attached hydrogens (tertiary/aromatic N) is 3. The van der Waals surface area contributed by atoms with Crippen molar-refractivity contribution < 1.29 is 24.1 Å². The minimum absolute atomic E-state index is 0.216. The van der Waals surface area contributed by atoms with Crippen molar-refractivity contribution in [3.8, 4) is 28.5 Å². The van der Waals surface area contributed by atoms with Crippen molar-refractivity contribution in [2.45, 2.75) is 91.9 Å². The first kappa shape index (κ1) is 38.7. The van der Waals surface area contributed by atoms with E-state index in [4.69, 9.17) is 14.2 Å². The van der Waals surface area contributed by atoms with Gasteiger partial charge in [0.05, 0.1) is 32.1 Å². The first-order valence-corrected chi connectivity index (χ1v) is 17.0. The number of aromatic nitrogens is 3. The first-order chi connectivity index (χ1) is 23.0. The molecule has 4 aromatic rings. The van der Waals surface area contributed by atoms with Crippen molar-refractivity contribution in [2.75, 3.05) is 20.3 Å². The summed E-state index contributed by atoms with van der Waals surface area (Å²) in [6, 6.07) is 22.6. The number of hydrogen-bond acceptors (Lipinski definition) is 8. The lowest BCUT2D eigenvalue weighted by Crippen LogP contribution is -2.06. The molecule has 254 valence electrons. The highest BCUT2D eigenvalue weighted by atomic mass is 16.5. The lowest BCUT2D eigenvalue weighted by atomic mass is 10.0. The number of carbonyl (C=O) groups is 1. The summed E-state index contributed by atoms with van der Waals surface area (Å²) in [5.74, 6) is 1.39. The number of methoxy groups -OCH3 is 1. The second-order valence-corrected chi connectivity index (χ2v) is 10.9.